The number of benzene rings is 1. The van der Waals surface area contributed by atoms with Crippen molar-refractivity contribution in [2.75, 3.05) is 19.5 Å². The van der Waals surface area contributed by atoms with Crippen molar-refractivity contribution in [1.82, 2.24) is 9.97 Å². The molecule has 146 valence electrons. The summed E-state index contributed by atoms with van der Waals surface area (Å²) in [4.78, 5) is 8.77. The van der Waals surface area contributed by atoms with E-state index in [2.05, 4.69) is 21.4 Å². The molecule has 1 fully saturated rings. The van der Waals surface area contributed by atoms with E-state index in [9.17, 15) is 5.26 Å². The van der Waals surface area contributed by atoms with Gasteiger partial charge in [0.1, 0.15) is 12.1 Å². The number of hydrogen-bond acceptors (Lipinski definition) is 6. The number of aryl methyl sites for hydroxylation is 1. The Bertz CT molecular complexity index is 888. The molecule has 0 saturated heterocycles. The van der Waals surface area contributed by atoms with Crippen LogP contribution in [0, 0.1) is 11.3 Å². The highest BCUT2D eigenvalue weighted by Gasteiger charge is 2.39. The minimum Gasteiger partial charge on any atom is -0.493 e. The minimum absolute atomic E-state index is 0.235. The highest BCUT2D eigenvalue weighted by molar-refractivity contribution is 5.53. The molecule has 1 aromatic carbocycles. The highest BCUT2D eigenvalue weighted by Crippen LogP contribution is 2.42. The topological polar surface area (TPSA) is 80.1 Å². The third kappa shape index (κ3) is 3.26. The number of rotatable bonds is 5. The van der Waals surface area contributed by atoms with Gasteiger partial charge >= 0.3 is 0 Å². The maximum absolute atomic E-state index is 10.2. The van der Waals surface area contributed by atoms with Crippen molar-refractivity contribution >= 4 is 5.82 Å². The quantitative estimate of drug-likeness (QED) is 0.852. The Morgan fingerprint density at radius 1 is 1.21 bits per heavy atom. The Morgan fingerprint density at radius 3 is 2.75 bits per heavy atom. The minimum atomic E-state index is -0.622. The average Bonchev–Trinajstić information content (AvgIpc) is 3.26. The van der Waals surface area contributed by atoms with Crippen molar-refractivity contribution in [3.05, 3.63) is 41.3 Å². The van der Waals surface area contributed by atoms with Gasteiger partial charge in [-0.25, -0.2) is 9.97 Å². The first-order chi connectivity index (χ1) is 13.7. The lowest BCUT2D eigenvalue weighted by molar-refractivity contribution is 0.200. The molecule has 2 aromatic rings. The number of aromatic nitrogens is 2. The lowest BCUT2D eigenvalue weighted by Crippen LogP contribution is -2.33. The van der Waals surface area contributed by atoms with Crippen LogP contribution in [-0.2, 0) is 18.3 Å². The van der Waals surface area contributed by atoms with Gasteiger partial charge in [-0.05, 0) is 56.2 Å². The van der Waals surface area contributed by atoms with E-state index < -0.39 is 5.41 Å². The van der Waals surface area contributed by atoms with Gasteiger partial charge in [0.2, 0.25) is 0 Å². The Labute approximate surface area is 165 Å². The fourth-order valence-electron chi connectivity index (χ4n) is 4.45. The zero-order chi connectivity index (χ0) is 19.6. The predicted molar refractivity (Wildman–Crippen MR) is 107 cm³/mol. The molecule has 0 amide bonds. The molecule has 2 aliphatic rings. The third-order valence-corrected chi connectivity index (χ3v) is 6.06. The van der Waals surface area contributed by atoms with Crippen molar-refractivity contribution in [2.45, 2.75) is 56.5 Å². The van der Waals surface area contributed by atoms with Gasteiger partial charge in [-0.2, -0.15) is 5.26 Å². The van der Waals surface area contributed by atoms with Crippen molar-refractivity contribution in [3.63, 3.8) is 0 Å². The number of ether oxygens (including phenoxy) is 2. The van der Waals surface area contributed by atoms with E-state index in [0.717, 1.165) is 59.8 Å². The van der Waals surface area contributed by atoms with Gasteiger partial charge in [0.25, 0.3) is 0 Å². The monoisotopic (exact) mass is 378 g/mol. The fraction of sp³-hybridized carbons (Fsp3) is 0.500. The van der Waals surface area contributed by atoms with Crippen LogP contribution < -0.4 is 14.8 Å². The first-order valence-electron chi connectivity index (χ1n) is 9.96. The number of nitrogens with one attached hydrogen (secondary N) is 1. The average molecular weight is 378 g/mol. The van der Waals surface area contributed by atoms with E-state index in [-0.39, 0.29) is 6.10 Å². The summed E-state index contributed by atoms with van der Waals surface area (Å²) in [7, 11) is 3.51. The van der Waals surface area contributed by atoms with E-state index in [1.54, 1.807) is 13.4 Å². The molecule has 6 heteroatoms. The van der Waals surface area contributed by atoms with Crippen LogP contribution in [0.15, 0.2) is 24.5 Å². The molecule has 1 heterocycles. The molecule has 1 saturated carbocycles. The predicted octanol–water partition coefficient (Wildman–Crippen LogP) is 3.80. The van der Waals surface area contributed by atoms with Crippen LogP contribution in [-0.4, -0.2) is 30.2 Å². The van der Waals surface area contributed by atoms with E-state index in [1.807, 2.05) is 25.2 Å². The molecular formula is C22H26N4O2. The number of methoxy groups -OCH3 is 1. The summed E-state index contributed by atoms with van der Waals surface area (Å²) in [6, 6.07) is 8.54. The lowest BCUT2D eigenvalue weighted by Gasteiger charge is -2.33. The second-order valence-electron chi connectivity index (χ2n) is 7.66. The third-order valence-electron chi connectivity index (χ3n) is 6.06. The molecule has 1 atom stereocenters. The highest BCUT2D eigenvalue weighted by atomic mass is 16.5. The number of nitriles is 1. The standard InChI is InChI=1S/C22H26N4O2/c1-24-21-17-12-22(13-23,10-9-18(17)25-14-26-21)15-7-8-19(27-2)20(11-15)28-16-5-3-4-6-16/h7-8,11,14,16H,3-6,9-10,12H2,1-2H3,(H,24,25,26). The summed E-state index contributed by atoms with van der Waals surface area (Å²) in [5, 5.41) is 13.3. The molecular weight excluding hydrogens is 352 g/mol. The Morgan fingerprint density at radius 2 is 2.04 bits per heavy atom. The van der Waals surface area contributed by atoms with Gasteiger partial charge in [-0.3, -0.25) is 0 Å². The number of nitrogens with zero attached hydrogens (tertiary/aromatic N) is 3. The summed E-state index contributed by atoms with van der Waals surface area (Å²) in [6.45, 7) is 0. The molecule has 0 radical (unpaired) electrons. The van der Waals surface area contributed by atoms with E-state index in [1.165, 1.54) is 12.8 Å². The summed E-state index contributed by atoms with van der Waals surface area (Å²) >= 11 is 0. The largest absolute Gasteiger partial charge is 0.493 e. The number of fused-ring (bicyclic) bond motifs is 1. The number of anilines is 1. The molecule has 4 rings (SSSR count). The molecule has 28 heavy (non-hydrogen) atoms. The van der Waals surface area contributed by atoms with Crippen molar-refractivity contribution < 1.29 is 9.47 Å². The molecule has 0 bridgehead atoms. The summed E-state index contributed by atoms with van der Waals surface area (Å²) in [5.74, 6) is 2.27. The maximum atomic E-state index is 10.2. The van der Waals surface area contributed by atoms with Crippen LogP contribution >= 0.6 is 0 Å². The Hall–Kier alpha value is -2.81. The van der Waals surface area contributed by atoms with Crippen LogP contribution in [0.1, 0.15) is 48.9 Å². The van der Waals surface area contributed by atoms with Gasteiger partial charge < -0.3 is 14.8 Å². The van der Waals surface area contributed by atoms with Gasteiger partial charge in [0.15, 0.2) is 11.5 Å². The summed E-state index contributed by atoms with van der Waals surface area (Å²) in [5.41, 5.74) is 2.41. The van der Waals surface area contributed by atoms with Crippen LogP contribution in [0.5, 0.6) is 11.5 Å². The molecule has 2 aliphatic carbocycles. The SMILES string of the molecule is CNc1ncnc2c1CC(C#N)(c1ccc(OC)c(OC3CCCC3)c1)CC2. The lowest BCUT2D eigenvalue weighted by atomic mass is 9.69. The first-order valence-corrected chi connectivity index (χ1v) is 9.96. The van der Waals surface area contributed by atoms with E-state index in [4.69, 9.17) is 9.47 Å². The van der Waals surface area contributed by atoms with Crippen LogP contribution in [0.3, 0.4) is 0 Å². The van der Waals surface area contributed by atoms with Crippen LogP contribution in [0.2, 0.25) is 0 Å². The first kappa shape index (κ1) is 18.5. The van der Waals surface area contributed by atoms with Crippen molar-refractivity contribution in [2.24, 2.45) is 0 Å². The van der Waals surface area contributed by atoms with Gasteiger partial charge in [0.05, 0.1) is 24.7 Å². The smallest absolute Gasteiger partial charge is 0.161 e. The van der Waals surface area contributed by atoms with E-state index in [0.29, 0.717) is 6.42 Å². The zero-order valence-corrected chi connectivity index (χ0v) is 16.5. The molecule has 0 aliphatic heterocycles. The van der Waals surface area contributed by atoms with Crippen molar-refractivity contribution in [1.29, 1.82) is 5.26 Å². The second kappa shape index (κ2) is 7.67. The summed E-state index contributed by atoms with van der Waals surface area (Å²) < 4.78 is 11.8. The fourth-order valence-corrected chi connectivity index (χ4v) is 4.45. The molecule has 1 N–H and O–H groups in total. The van der Waals surface area contributed by atoms with Gasteiger partial charge in [-0.1, -0.05) is 6.07 Å². The normalized spacial score (nSPS) is 21.6. The Kier molecular flexibility index (Phi) is 5.08. The summed E-state index contributed by atoms with van der Waals surface area (Å²) in [6.07, 6.45) is 8.46. The molecule has 0 spiro atoms. The zero-order valence-electron chi connectivity index (χ0n) is 16.5. The van der Waals surface area contributed by atoms with Crippen LogP contribution in [0.4, 0.5) is 5.82 Å². The van der Waals surface area contributed by atoms with Crippen molar-refractivity contribution in [3.8, 4) is 17.6 Å². The second-order valence-corrected chi connectivity index (χ2v) is 7.66. The van der Waals surface area contributed by atoms with Crippen LogP contribution in [0.25, 0.3) is 0 Å². The van der Waals surface area contributed by atoms with Gasteiger partial charge in [0, 0.05) is 24.7 Å². The van der Waals surface area contributed by atoms with E-state index >= 15 is 0 Å². The molecule has 1 aromatic heterocycles. The van der Waals surface area contributed by atoms with Gasteiger partial charge in [-0.15, -0.1) is 0 Å². The maximum Gasteiger partial charge on any atom is 0.161 e. The molecule has 6 nitrogen and oxygen atoms in total. The molecule has 1 unspecified atom stereocenters. The number of hydrogen-bond donors (Lipinski definition) is 1. The Balaban J connectivity index is 1.71.